The van der Waals surface area contributed by atoms with E-state index in [1.54, 1.807) is 0 Å². The molecular formula is C13H20O. The van der Waals surface area contributed by atoms with Gasteiger partial charge in [0.05, 0.1) is 6.10 Å². The van der Waals surface area contributed by atoms with Crippen LogP contribution >= 0.6 is 0 Å². The molecule has 0 aliphatic carbocycles. The minimum atomic E-state index is 0.431. The molecule has 14 heavy (non-hydrogen) atoms. The summed E-state index contributed by atoms with van der Waals surface area (Å²) in [5.41, 5.74) is 1.41. The van der Waals surface area contributed by atoms with Crippen LogP contribution in [-0.2, 0) is 11.2 Å². The van der Waals surface area contributed by atoms with Crippen LogP contribution in [0.15, 0.2) is 30.3 Å². The molecule has 0 fully saturated rings. The molecule has 1 atom stereocenters. The van der Waals surface area contributed by atoms with Crippen LogP contribution < -0.4 is 0 Å². The summed E-state index contributed by atoms with van der Waals surface area (Å²) in [5, 5.41) is 0. The highest BCUT2D eigenvalue weighted by Crippen LogP contribution is 2.10. The number of hydrogen-bond donors (Lipinski definition) is 0. The summed E-state index contributed by atoms with van der Waals surface area (Å²) in [4.78, 5) is 0. The number of benzene rings is 1. The molecule has 0 saturated heterocycles. The van der Waals surface area contributed by atoms with Gasteiger partial charge in [-0.25, -0.2) is 0 Å². The molecule has 0 saturated carbocycles. The Balaban J connectivity index is 2.32. The van der Waals surface area contributed by atoms with Crippen molar-refractivity contribution in [2.45, 2.75) is 38.7 Å². The third-order valence-electron chi connectivity index (χ3n) is 2.54. The molecule has 0 aliphatic rings. The second kappa shape index (κ2) is 6.61. The molecule has 1 aromatic rings. The van der Waals surface area contributed by atoms with Gasteiger partial charge in [-0.2, -0.15) is 0 Å². The van der Waals surface area contributed by atoms with Crippen molar-refractivity contribution in [1.29, 1.82) is 0 Å². The van der Waals surface area contributed by atoms with E-state index in [0.29, 0.717) is 6.10 Å². The molecule has 0 heterocycles. The maximum Gasteiger partial charge on any atom is 0.0574 e. The Morgan fingerprint density at radius 2 is 1.86 bits per heavy atom. The zero-order chi connectivity index (χ0) is 10.2. The first-order valence-electron chi connectivity index (χ1n) is 5.43. The molecule has 1 heteroatoms. The quantitative estimate of drug-likeness (QED) is 0.671. The first kappa shape index (κ1) is 11.3. The van der Waals surface area contributed by atoms with Crippen LogP contribution in [0.5, 0.6) is 0 Å². The molecular weight excluding hydrogens is 172 g/mol. The summed E-state index contributed by atoms with van der Waals surface area (Å²) in [6.45, 7) is 2.20. The van der Waals surface area contributed by atoms with Crippen LogP contribution in [-0.4, -0.2) is 13.2 Å². The second-order valence-electron chi connectivity index (χ2n) is 3.67. The molecule has 1 rings (SSSR count). The zero-order valence-corrected chi connectivity index (χ0v) is 9.20. The minimum Gasteiger partial charge on any atom is -0.381 e. The molecule has 0 spiro atoms. The Hall–Kier alpha value is -0.820. The van der Waals surface area contributed by atoms with Crippen LogP contribution in [0.3, 0.4) is 0 Å². The van der Waals surface area contributed by atoms with Crippen molar-refractivity contribution in [2.75, 3.05) is 7.11 Å². The summed E-state index contributed by atoms with van der Waals surface area (Å²) >= 11 is 0. The third kappa shape index (κ3) is 3.93. The van der Waals surface area contributed by atoms with Crippen molar-refractivity contribution in [3.05, 3.63) is 35.9 Å². The molecule has 0 aromatic heterocycles. The maximum atomic E-state index is 5.41. The lowest BCUT2D eigenvalue weighted by atomic mass is 10.0. The topological polar surface area (TPSA) is 9.23 Å². The Kier molecular flexibility index (Phi) is 5.31. The molecule has 1 nitrogen and oxygen atoms in total. The third-order valence-corrected chi connectivity index (χ3v) is 2.54. The van der Waals surface area contributed by atoms with Gasteiger partial charge in [-0.1, -0.05) is 43.7 Å². The van der Waals surface area contributed by atoms with Gasteiger partial charge < -0.3 is 4.74 Å². The average molecular weight is 192 g/mol. The van der Waals surface area contributed by atoms with Gasteiger partial charge in [0, 0.05) is 7.11 Å². The van der Waals surface area contributed by atoms with Gasteiger partial charge in [0.25, 0.3) is 0 Å². The predicted molar refractivity (Wildman–Crippen MR) is 60.5 cm³/mol. The number of rotatable bonds is 6. The smallest absolute Gasteiger partial charge is 0.0574 e. The van der Waals surface area contributed by atoms with E-state index < -0.39 is 0 Å². The van der Waals surface area contributed by atoms with Crippen LogP contribution in [0.2, 0.25) is 0 Å². The largest absolute Gasteiger partial charge is 0.381 e. The SMILES string of the molecule is CCCC(CCc1ccccc1)OC. The first-order valence-corrected chi connectivity index (χ1v) is 5.43. The van der Waals surface area contributed by atoms with E-state index in [-0.39, 0.29) is 0 Å². The number of aryl methyl sites for hydroxylation is 1. The van der Waals surface area contributed by atoms with Gasteiger partial charge in [0.2, 0.25) is 0 Å². The predicted octanol–water partition coefficient (Wildman–Crippen LogP) is 3.43. The summed E-state index contributed by atoms with van der Waals surface area (Å²) in [6, 6.07) is 10.6. The molecule has 0 bridgehead atoms. The number of methoxy groups -OCH3 is 1. The van der Waals surface area contributed by atoms with Crippen LogP contribution in [0, 0.1) is 0 Å². The average Bonchev–Trinajstić information content (AvgIpc) is 2.25. The van der Waals surface area contributed by atoms with E-state index >= 15 is 0 Å². The fourth-order valence-electron chi connectivity index (χ4n) is 1.67. The second-order valence-corrected chi connectivity index (χ2v) is 3.67. The fourth-order valence-corrected chi connectivity index (χ4v) is 1.67. The molecule has 0 aliphatic heterocycles. The van der Waals surface area contributed by atoms with Crippen LogP contribution in [0.4, 0.5) is 0 Å². The van der Waals surface area contributed by atoms with Crippen molar-refractivity contribution in [3.8, 4) is 0 Å². The van der Waals surface area contributed by atoms with Crippen LogP contribution in [0.25, 0.3) is 0 Å². The lowest BCUT2D eigenvalue weighted by molar-refractivity contribution is 0.0876. The van der Waals surface area contributed by atoms with E-state index in [1.165, 1.54) is 18.4 Å². The lowest BCUT2D eigenvalue weighted by Gasteiger charge is -2.13. The van der Waals surface area contributed by atoms with Crippen molar-refractivity contribution < 1.29 is 4.74 Å². The summed E-state index contributed by atoms with van der Waals surface area (Å²) in [6.07, 6.45) is 5.06. The number of hydrogen-bond acceptors (Lipinski definition) is 1. The Labute approximate surface area is 87.1 Å². The fraction of sp³-hybridized carbons (Fsp3) is 0.538. The Morgan fingerprint density at radius 3 is 2.43 bits per heavy atom. The van der Waals surface area contributed by atoms with E-state index in [1.807, 2.05) is 7.11 Å². The Bertz CT molecular complexity index is 230. The highest BCUT2D eigenvalue weighted by molar-refractivity contribution is 5.14. The highest BCUT2D eigenvalue weighted by Gasteiger charge is 2.05. The Morgan fingerprint density at radius 1 is 1.14 bits per heavy atom. The highest BCUT2D eigenvalue weighted by atomic mass is 16.5. The van der Waals surface area contributed by atoms with Gasteiger partial charge in [0.1, 0.15) is 0 Å². The minimum absolute atomic E-state index is 0.431. The van der Waals surface area contributed by atoms with Crippen molar-refractivity contribution >= 4 is 0 Å². The normalized spacial score (nSPS) is 12.7. The van der Waals surface area contributed by atoms with Gasteiger partial charge in [-0.3, -0.25) is 0 Å². The number of ether oxygens (including phenoxy) is 1. The monoisotopic (exact) mass is 192 g/mol. The molecule has 1 unspecified atom stereocenters. The standard InChI is InChI=1S/C13H20O/c1-3-7-13(14-2)11-10-12-8-5-4-6-9-12/h4-6,8-9,13H,3,7,10-11H2,1-2H3. The van der Waals surface area contributed by atoms with Gasteiger partial charge in [-0.05, 0) is 24.8 Å². The van der Waals surface area contributed by atoms with E-state index in [9.17, 15) is 0 Å². The van der Waals surface area contributed by atoms with E-state index in [2.05, 4.69) is 37.3 Å². The maximum absolute atomic E-state index is 5.41. The van der Waals surface area contributed by atoms with Crippen molar-refractivity contribution in [1.82, 2.24) is 0 Å². The van der Waals surface area contributed by atoms with E-state index in [4.69, 9.17) is 4.74 Å². The summed E-state index contributed by atoms with van der Waals surface area (Å²) < 4.78 is 5.41. The van der Waals surface area contributed by atoms with Gasteiger partial charge in [0.15, 0.2) is 0 Å². The lowest BCUT2D eigenvalue weighted by Crippen LogP contribution is -2.11. The molecule has 78 valence electrons. The molecule has 0 amide bonds. The molecule has 1 aromatic carbocycles. The molecule has 0 radical (unpaired) electrons. The van der Waals surface area contributed by atoms with Gasteiger partial charge in [-0.15, -0.1) is 0 Å². The van der Waals surface area contributed by atoms with Crippen molar-refractivity contribution in [2.24, 2.45) is 0 Å². The van der Waals surface area contributed by atoms with E-state index in [0.717, 1.165) is 12.8 Å². The summed E-state index contributed by atoms with van der Waals surface area (Å²) in [7, 11) is 1.81. The summed E-state index contributed by atoms with van der Waals surface area (Å²) in [5.74, 6) is 0. The first-order chi connectivity index (χ1) is 6.86. The van der Waals surface area contributed by atoms with Crippen molar-refractivity contribution in [3.63, 3.8) is 0 Å². The molecule has 0 N–H and O–H groups in total. The van der Waals surface area contributed by atoms with Crippen LogP contribution in [0.1, 0.15) is 31.7 Å². The van der Waals surface area contributed by atoms with Gasteiger partial charge >= 0.3 is 0 Å². The zero-order valence-electron chi connectivity index (χ0n) is 9.20.